The van der Waals surface area contributed by atoms with Gasteiger partial charge in [0.2, 0.25) is 0 Å². The molecule has 1 aliphatic rings. The lowest BCUT2D eigenvalue weighted by molar-refractivity contribution is 0.518. The van der Waals surface area contributed by atoms with E-state index in [2.05, 4.69) is 125 Å². The van der Waals surface area contributed by atoms with Crippen molar-refractivity contribution in [1.82, 2.24) is 0 Å². The zero-order valence-electron chi connectivity index (χ0n) is 14.1. The van der Waals surface area contributed by atoms with Crippen LogP contribution in [0.3, 0.4) is 0 Å². The zero-order chi connectivity index (χ0) is 17.4. The topological polar surface area (TPSA) is 0 Å². The highest BCUT2D eigenvalue weighted by Crippen LogP contribution is 2.75. The van der Waals surface area contributed by atoms with Crippen molar-refractivity contribution in [2.45, 2.75) is 20.8 Å². The monoisotopic (exact) mass is 462 g/mol. The van der Waals surface area contributed by atoms with Crippen molar-refractivity contribution in [1.29, 1.82) is 0 Å². The molecule has 0 bridgehead atoms. The Bertz CT molecular complexity index is 848. The molecule has 0 nitrogen and oxygen atoms in total. The van der Waals surface area contributed by atoms with E-state index < -0.39 is 4.29 Å². The summed E-state index contributed by atoms with van der Waals surface area (Å²) in [5, 5.41) is 2.68. The van der Waals surface area contributed by atoms with Crippen molar-refractivity contribution in [3.8, 4) is 0 Å². The normalized spacial score (nSPS) is 17.3. The second kappa shape index (κ2) is 6.83. The summed E-state index contributed by atoms with van der Waals surface area (Å²) in [6.45, 7) is 6.82. The highest BCUT2D eigenvalue weighted by atomic mass is 79.9. The Labute approximate surface area is 161 Å². The molecule has 0 fully saturated rings. The summed E-state index contributed by atoms with van der Waals surface area (Å²) in [6.07, 6.45) is 4.72. The number of rotatable bonds is 2. The molecule has 2 aromatic carbocycles. The maximum atomic E-state index is 4.07. The van der Waals surface area contributed by atoms with Crippen molar-refractivity contribution < 1.29 is 0 Å². The Morgan fingerprint density at radius 2 is 1.21 bits per heavy atom. The van der Waals surface area contributed by atoms with Gasteiger partial charge in [-0.15, -0.1) is 0 Å². The van der Waals surface area contributed by atoms with Gasteiger partial charge in [0.1, 0.15) is 0 Å². The molecule has 24 heavy (non-hydrogen) atoms. The molecule has 3 rings (SSSR count). The third-order valence-corrected chi connectivity index (χ3v) is 10.8. The van der Waals surface area contributed by atoms with Gasteiger partial charge in [-0.1, -0.05) is 81.4 Å². The van der Waals surface area contributed by atoms with E-state index in [1.165, 1.54) is 27.3 Å². The van der Waals surface area contributed by atoms with Crippen molar-refractivity contribution in [3.63, 3.8) is 0 Å². The first kappa shape index (κ1) is 18.0. The van der Waals surface area contributed by atoms with E-state index in [1.807, 2.05) is 0 Å². The highest BCUT2D eigenvalue weighted by molar-refractivity contribution is 9.73. The van der Waals surface area contributed by atoms with Crippen molar-refractivity contribution in [3.05, 3.63) is 89.5 Å². The maximum absolute atomic E-state index is 4.07. The summed E-state index contributed by atoms with van der Waals surface area (Å²) in [4.78, 5) is 0. The highest BCUT2D eigenvalue weighted by Gasteiger charge is 2.29. The molecule has 0 unspecified atom stereocenters. The molecule has 2 aromatic rings. The summed E-state index contributed by atoms with van der Waals surface area (Å²) >= 11 is 8.14. The Morgan fingerprint density at radius 3 is 1.71 bits per heavy atom. The van der Waals surface area contributed by atoms with Crippen LogP contribution >= 0.6 is 35.3 Å². The lowest BCUT2D eigenvalue weighted by Gasteiger charge is -2.30. The van der Waals surface area contributed by atoms with Gasteiger partial charge in [0.15, 0.2) is 0 Å². The predicted molar refractivity (Wildman–Crippen MR) is 117 cm³/mol. The van der Waals surface area contributed by atoms with Gasteiger partial charge < -0.3 is 0 Å². The van der Waals surface area contributed by atoms with Crippen LogP contribution in [0.25, 0.3) is 5.31 Å². The first-order chi connectivity index (χ1) is 11.3. The molecular formula is C21H21Br2P. The SMILES string of the molecule is CC(C)(C)C1=CC(c2ccccc2)=P(Br)(Br)C(c2ccccc2)=C1. The largest absolute Gasteiger partial charge is 0.0622 e. The molecule has 0 saturated carbocycles. The smallest absolute Gasteiger partial charge is 0.0534 e. The minimum Gasteiger partial charge on any atom is -0.0622 e. The fourth-order valence-corrected chi connectivity index (χ4v) is 8.26. The van der Waals surface area contributed by atoms with Gasteiger partial charge in [0, 0.05) is 10.6 Å². The second-order valence-electron chi connectivity index (χ2n) is 7.01. The van der Waals surface area contributed by atoms with Crippen molar-refractivity contribution in [2.24, 2.45) is 5.41 Å². The third kappa shape index (κ3) is 3.57. The van der Waals surface area contributed by atoms with E-state index in [-0.39, 0.29) is 5.41 Å². The van der Waals surface area contributed by atoms with Crippen LogP contribution in [0.5, 0.6) is 0 Å². The van der Waals surface area contributed by atoms with E-state index in [0.29, 0.717) is 0 Å². The number of hydrogen-bond acceptors (Lipinski definition) is 0. The summed E-state index contributed by atoms with van der Waals surface area (Å²) in [5.74, 6) is 0. The van der Waals surface area contributed by atoms with E-state index in [1.54, 1.807) is 0 Å². The number of hydrogen-bond donors (Lipinski definition) is 0. The number of benzene rings is 2. The summed E-state index contributed by atoms with van der Waals surface area (Å²) in [5.41, 5.74) is 3.99. The minimum absolute atomic E-state index is 0.0977. The molecule has 0 atom stereocenters. The number of allylic oxidation sites excluding steroid dienone is 3. The zero-order valence-corrected chi connectivity index (χ0v) is 18.2. The molecule has 1 heterocycles. The summed E-state index contributed by atoms with van der Waals surface area (Å²) in [6, 6.07) is 21.3. The van der Waals surface area contributed by atoms with Crippen LogP contribution in [0, 0.1) is 5.41 Å². The van der Waals surface area contributed by atoms with Gasteiger partial charge in [-0.3, -0.25) is 0 Å². The Kier molecular flexibility index (Phi) is 5.12. The molecule has 124 valence electrons. The molecule has 0 aromatic heterocycles. The quantitative estimate of drug-likeness (QED) is 0.397. The molecule has 1 aliphatic heterocycles. The third-order valence-electron chi connectivity index (χ3n) is 4.19. The summed E-state index contributed by atoms with van der Waals surface area (Å²) < 4.78 is -1.78. The van der Waals surface area contributed by atoms with Gasteiger partial charge in [0.05, 0.1) is 4.29 Å². The molecule has 0 N–H and O–H groups in total. The van der Waals surface area contributed by atoms with E-state index in [9.17, 15) is 0 Å². The van der Waals surface area contributed by atoms with Crippen LogP contribution in [-0.2, 0) is 0 Å². The average molecular weight is 464 g/mol. The molecule has 0 saturated heterocycles. The average Bonchev–Trinajstić information content (AvgIpc) is 2.55. The van der Waals surface area contributed by atoms with Crippen molar-refractivity contribution >= 4 is 45.9 Å². The van der Waals surface area contributed by atoms with Crippen LogP contribution in [0.2, 0.25) is 0 Å². The molecule has 0 radical (unpaired) electrons. The maximum Gasteiger partial charge on any atom is 0.0534 e. The lowest BCUT2D eigenvalue weighted by Crippen LogP contribution is -2.13. The van der Waals surface area contributed by atoms with E-state index >= 15 is 0 Å². The van der Waals surface area contributed by atoms with Gasteiger partial charge in [-0.25, -0.2) is 0 Å². The fourth-order valence-electron chi connectivity index (χ4n) is 2.77. The summed E-state index contributed by atoms with van der Waals surface area (Å²) in [7, 11) is 0. The Balaban J connectivity index is 2.31. The van der Waals surface area contributed by atoms with Crippen LogP contribution < -0.4 is 0 Å². The lowest BCUT2D eigenvalue weighted by atomic mass is 9.84. The first-order valence-electron chi connectivity index (χ1n) is 8.01. The molecule has 3 heteroatoms. The van der Waals surface area contributed by atoms with Gasteiger partial charge in [-0.2, -0.15) is 0 Å². The van der Waals surface area contributed by atoms with E-state index in [0.717, 1.165) is 0 Å². The number of halogens is 2. The van der Waals surface area contributed by atoms with E-state index in [4.69, 9.17) is 0 Å². The van der Waals surface area contributed by atoms with Gasteiger partial charge in [-0.05, 0) is 65.2 Å². The fraction of sp³-hybridized carbons (Fsp3) is 0.190. The molecule has 0 spiro atoms. The van der Waals surface area contributed by atoms with Crippen LogP contribution in [0.15, 0.2) is 78.4 Å². The van der Waals surface area contributed by atoms with Crippen LogP contribution in [-0.4, -0.2) is 5.29 Å². The Hall–Kier alpha value is -0.820. The molecule has 0 amide bonds. The predicted octanol–water partition coefficient (Wildman–Crippen LogP) is 7.87. The molecule has 0 aliphatic carbocycles. The van der Waals surface area contributed by atoms with Gasteiger partial charge in [0.25, 0.3) is 0 Å². The van der Waals surface area contributed by atoms with Crippen LogP contribution in [0.4, 0.5) is 0 Å². The van der Waals surface area contributed by atoms with Crippen molar-refractivity contribution in [2.75, 3.05) is 0 Å². The van der Waals surface area contributed by atoms with Gasteiger partial charge >= 0.3 is 0 Å². The van der Waals surface area contributed by atoms with Crippen LogP contribution in [0.1, 0.15) is 31.9 Å². The Morgan fingerprint density at radius 1 is 0.708 bits per heavy atom. The first-order valence-corrected chi connectivity index (χ1v) is 13.8. The molecular weight excluding hydrogens is 443 g/mol. The minimum atomic E-state index is -1.78. The standard InChI is InChI=1S/C21H21Br2P/c1-21(2,3)18-14-19(16-10-6-4-7-11-16)24(22,23)20(15-18)17-12-8-5-9-13-17/h4-15H,1-3H3. The second-order valence-corrected chi connectivity index (χ2v) is 18.2.